The van der Waals surface area contributed by atoms with E-state index in [2.05, 4.69) is 5.10 Å². The Morgan fingerprint density at radius 3 is 2.61 bits per heavy atom. The zero-order valence-electron chi connectivity index (χ0n) is 12.2. The maximum Gasteiger partial charge on any atom is 0.127 e. The summed E-state index contributed by atoms with van der Waals surface area (Å²) in [7, 11) is -1.27. The molecule has 1 aromatic heterocycles. The molecule has 0 fully saturated rings. The summed E-state index contributed by atoms with van der Waals surface area (Å²) in [6, 6.07) is 14.1. The summed E-state index contributed by atoms with van der Waals surface area (Å²) in [5.41, 5.74) is 1.63. The van der Waals surface area contributed by atoms with Crippen molar-refractivity contribution >= 4 is 10.8 Å². The number of benzene rings is 2. The molecule has 0 spiro atoms. The van der Waals surface area contributed by atoms with Crippen molar-refractivity contribution in [1.29, 1.82) is 0 Å². The van der Waals surface area contributed by atoms with Crippen LogP contribution in [0.5, 0.6) is 0 Å². The summed E-state index contributed by atoms with van der Waals surface area (Å²) >= 11 is 0. The van der Waals surface area contributed by atoms with Crippen molar-refractivity contribution < 1.29 is 13.0 Å². The number of hydrogen-bond acceptors (Lipinski definition) is 2. The van der Waals surface area contributed by atoms with Crippen LogP contribution in [-0.4, -0.2) is 14.0 Å². The highest BCUT2D eigenvalue weighted by Gasteiger charge is 2.10. The van der Waals surface area contributed by atoms with E-state index < -0.39 is 10.8 Å². The van der Waals surface area contributed by atoms with Gasteiger partial charge in [0.05, 0.1) is 22.9 Å². The molecule has 0 bridgehead atoms. The topological polar surface area (TPSA) is 34.9 Å². The molecule has 0 aliphatic carbocycles. The van der Waals surface area contributed by atoms with Crippen LogP contribution in [0.3, 0.4) is 0 Å². The fourth-order valence-corrected chi connectivity index (χ4v) is 3.37. The molecule has 2 aromatic carbocycles. The van der Waals surface area contributed by atoms with E-state index in [-0.39, 0.29) is 23.1 Å². The smallest absolute Gasteiger partial charge is 0.127 e. The normalized spacial score (nSPS) is 12.3. The average molecular weight is 332 g/mol. The maximum atomic E-state index is 13.6. The minimum Gasteiger partial charge on any atom is -0.259 e. The standard InChI is InChI=1S/C17H14F2N2OS/c18-14-5-3-6-16(10-14)21-9-8-15(20-21)12-23(22)11-13-4-1-2-7-17(13)19/h1-10H,11-12H2/t23-/m1/s1. The van der Waals surface area contributed by atoms with Gasteiger partial charge in [0.15, 0.2) is 0 Å². The second-order valence-corrected chi connectivity index (χ2v) is 6.51. The van der Waals surface area contributed by atoms with Gasteiger partial charge >= 0.3 is 0 Å². The van der Waals surface area contributed by atoms with E-state index in [9.17, 15) is 13.0 Å². The molecule has 0 aliphatic heterocycles. The van der Waals surface area contributed by atoms with Gasteiger partial charge in [0.2, 0.25) is 0 Å². The van der Waals surface area contributed by atoms with Crippen molar-refractivity contribution in [1.82, 2.24) is 9.78 Å². The average Bonchev–Trinajstić information content (AvgIpc) is 2.98. The molecule has 3 aromatic rings. The van der Waals surface area contributed by atoms with Crippen molar-refractivity contribution in [3.8, 4) is 5.69 Å². The first-order valence-electron chi connectivity index (χ1n) is 7.01. The number of aromatic nitrogens is 2. The molecular formula is C17H14F2N2OS. The lowest BCUT2D eigenvalue weighted by molar-refractivity contribution is 0.615. The highest BCUT2D eigenvalue weighted by Crippen LogP contribution is 2.13. The summed E-state index contributed by atoms with van der Waals surface area (Å²) < 4.78 is 40.5. The van der Waals surface area contributed by atoms with Crippen molar-refractivity contribution in [2.24, 2.45) is 0 Å². The molecular weight excluding hydrogens is 318 g/mol. The van der Waals surface area contributed by atoms with E-state index >= 15 is 0 Å². The van der Waals surface area contributed by atoms with Gasteiger partial charge in [-0.3, -0.25) is 4.21 Å². The van der Waals surface area contributed by atoms with Crippen LogP contribution in [0.15, 0.2) is 60.8 Å². The van der Waals surface area contributed by atoms with Gasteiger partial charge in [-0.15, -0.1) is 0 Å². The number of halogens is 2. The third kappa shape index (κ3) is 3.90. The zero-order chi connectivity index (χ0) is 16.2. The second kappa shape index (κ2) is 6.83. The van der Waals surface area contributed by atoms with E-state index in [0.29, 0.717) is 16.9 Å². The summed E-state index contributed by atoms with van der Waals surface area (Å²) in [5.74, 6) is -0.343. The molecule has 0 N–H and O–H groups in total. The molecule has 3 nitrogen and oxygen atoms in total. The molecule has 3 rings (SSSR count). The lowest BCUT2D eigenvalue weighted by Crippen LogP contribution is -2.03. The highest BCUT2D eigenvalue weighted by atomic mass is 32.2. The van der Waals surface area contributed by atoms with E-state index in [1.54, 1.807) is 42.6 Å². The first-order valence-corrected chi connectivity index (χ1v) is 8.49. The van der Waals surface area contributed by atoms with Gasteiger partial charge in [0, 0.05) is 22.6 Å². The molecule has 6 heteroatoms. The highest BCUT2D eigenvalue weighted by molar-refractivity contribution is 7.83. The molecule has 1 atom stereocenters. The Kier molecular flexibility index (Phi) is 4.62. The predicted molar refractivity (Wildman–Crippen MR) is 85.5 cm³/mol. The van der Waals surface area contributed by atoms with Crippen LogP contribution in [0, 0.1) is 11.6 Å². The SMILES string of the molecule is O=[S@@](Cc1ccn(-c2cccc(F)c2)n1)Cc1ccccc1F. The minimum atomic E-state index is -1.27. The minimum absolute atomic E-state index is 0.138. The summed E-state index contributed by atoms with van der Waals surface area (Å²) in [5, 5.41) is 4.29. The Bertz CT molecular complexity index is 848. The van der Waals surface area contributed by atoms with E-state index in [1.165, 1.54) is 22.9 Å². The first-order chi connectivity index (χ1) is 11.1. The van der Waals surface area contributed by atoms with Gasteiger partial charge < -0.3 is 0 Å². The second-order valence-electron chi connectivity index (χ2n) is 5.05. The number of rotatable bonds is 5. The van der Waals surface area contributed by atoms with Crippen LogP contribution >= 0.6 is 0 Å². The van der Waals surface area contributed by atoms with E-state index in [4.69, 9.17) is 0 Å². The molecule has 118 valence electrons. The zero-order valence-corrected chi connectivity index (χ0v) is 13.0. The van der Waals surface area contributed by atoms with Crippen LogP contribution in [-0.2, 0) is 22.3 Å². The third-order valence-electron chi connectivity index (χ3n) is 3.30. The largest absolute Gasteiger partial charge is 0.259 e. The van der Waals surface area contributed by atoms with Gasteiger partial charge in [-0.2, -0.15) is 5.10 Å². The van der Waals surface area contributed by atoms with E-state index in [1.807, 2.05) is 0 Å². The Morgan fingerprint density at radius 2 is 1.83 bits per heavy atom. The molecule has 23 heavy (non-hydrogen) atoms. The fourth-order valence-electron chi connectivity index (χ4n) is 2.21. The Labute approximate surface area is 135 Å². The lowest BCUT2D eigenvalue weighted by Gasteiger charge is -2.03. The van der Waals surface area contributed by atoms with Gasteiger partial charge in [0.1, 0.15) is 11.6 Å². The predicted octanol–water partition coefficient (Wildman–Crippen LogP) is 3.60. The number of hydrogen-bond donors (Lipinski definition) is 0. The van der Waals surface area contributed by atoms with Crippen LogP contribution in [0.25, 0.3) is 5.69 Å². The van der Waals surface area contributed by atoms with Crippen LogP contribution in [0.2, 0.25) is 0 Å². The lowest BCUT2D eigenvalue weighted by atomic mass is 10.2. The first kappa shape index (κ1) is 15.6. The van der Waals surface area contributed by atoms with Crippen LogP contribution < -0.4 is 0 Å². The quantitative estimate of drug-likeness (QED) is 0.715. The molecule has 1 heterocycles. The van der Waals surface area contributed by atoms with Gasteiger partial charge in [-0.1, -0.05) is 24.3 Å². The molecule has 0 aliphatic rings. The summed E-state index contributed by atoms with van der Waals surface area (Å²) in [6.07, 6.45) is 1.68. The number of nitrogens with zero attached hydrogens (tertiary/aromatic N) is 2. The molecule has 0 unspecified atom stereocenters. The Hall–Kier alpha value is -2.34. The summed E-state index contributed by atoms with van der Waals surface area (Å²) in [4.78, 5) is 0. The van der Waals surface area contributed by atoms with Gasteiger partial charge in [0.25, 0.3) is 0 Å². The maximum absolute atomic E-state index is 13.6. The van der Waals surface area contributed by atoms with Gasteiger partial charge in [-0.25, -0.2) is 13.5 Å². The monoisotopic (exact) mass is 332 g/mol. The fraction of sp³-hybridized carbons (Fsp3) is 0.118. The van der Waals surface area contributed by atoms with Gasteiger partial charge in [-0.05, 0) is 30.3 Å². The van der Waals surface area contributed by atoms with Crippen molar-refractivity contribution in [3.05, 3.63) is 83.7 Å². The molecule has 0 radical (unpaired) electrons. The van der Waals surface area contributed by atoms with E-state index in [0.717, 1.165) is 0 Å². The Balaban J connectivity index is 1.69. The molecule has 0 amide bonds. The molecule has 0 saturated heterocycles. The Morgan fingerprint density at radius 1 is 1.00 bits per heavy atom. The third-order valence-corrected chi connectivity index (χ3v) is 4.55. The van der Waals surface area contributed by atoms with Crippen molar-refractivity contribution in [2.75, 3.05) is 0 Å². The van der Waals surface area contributed by atoms with Crippen molar-refractivity contribution in [3.63, 3.8) is 0 Å². The van der Waals surface area contributed by atoms with Crippen molar-refractivity contribution in [2.45, 2.75) is 11.5 Å². The summed E-state index contributed by atoms with van der Waals surface area (Å²) in [6.45, 7) is 0. The molecule has 0 saturated carbocycles. The van der Waals surface area contributed by atoms with Crippen LogP contribution in [0.4, 0.5) is 8.78 Å². The van der Waals surface area contributed by atoms with Crippen LogP contribution in [0.1, 0.15) is 11.3 Å².